The lowest BCUT2D eigenvalue weighted by atomic mass is 10.1. The number of nitrogens with one attached hydrogen (secondary N) is 1. The maximum atomic E-state index is 10.9. The quantitative estimate of drug-likeness (QED) is 0.445. The van der Waals surface area contributed by atoms with Gasteiger partial charge in [-0.2, -0.15) is 0 Å². The number of nitro groups is 1. The van der Waals surface area contributed by atoms with Crippen LogP contribution in [0.3, 0.4) is 0 Å². The molecule has 1 unspecified atom stereocenters. The van der Waals surface area contributed by atoms with E-state index in [9.17, 15) is 14.9 Å². The lowest BCUT2D eigenvalue weighted by Gasteiger charge is -2.08. The van der Waals surface area contributed by atoms with E-state index >= 15 is 0 Å². The van der Waals surface area contributed by atoms with E-state index in [-0.39, 0.29) is 11.5 Å². The van der Waals surface area contributed by atoms with Crippen LogP contribution in [0.5, 0.6) is 0 Å². The van der Waals surface area contributed by atoms with Gasteiger partial charge in [-0.05, 0) is 25.8 Å². The average molecular weight is 267 g/mol. The number of aromatic nitrogens is 1. The van der Waals surface area contributed by atoms with Crippen molar-refractivity contribution in [2.75, 3.05) is 11.9 Å². The Morgan fingerprint density at radius 2 is 2.32 bits per heavy atom. The second-order valence-electron chi connectivity index (χ2n) is 4.39. The molecule has 0 aliphatic heterocycles. The zero-order valence-electron chi connectivity index (χ0n) is 10.9. The first-order valence-electron chi connectivity index (χ1n) is 6.00. The highest BCUT2D eigenvalue weighted by Gasteiger charge is 2.18. The smallest absolute Gasteiger partial charge is 0.314 e. The molecule has 19 heavy (non-hydrogen) atoms. The molecule has 0 aromatic carbocycles. The zero-order chi connectivity index (χ0) is 14.4. The van der Waals surface area contributed by atoms with Crippen molar-refractivity contribution in [3.8, 4) is 0 Å². The van der Waals surface area contributed by atoms with Crippen molar-refractivity contribution in [1.82, 2.24) is 4.98 Å². The van der Waals surface area contributed by atoms with Crippen LogP contribution in [0.1, 0.15) is 25.3 Å². The van der Waals surface area contributed by atoms with Gasteiger partial charge in [-0.15, -0.1) is 0 Å². The number of anilines is 1. The molecule has 0 amide bonds. The van der Waals surface area contributed by atoms with Crippen molar-refractivity contribution in [2.45, 2.75) is 26.7 Å². The zero-order valence-corrected chi connectivity index (χ0v) is 10.9. The van der Waals surface area contributed by atoms with Crippen LogP contribution >= 0.6 is 0 Å². The fraction of sp³-hybridized carbons (Fsp3) is 0.500. The summed E-state index contributed by atoms with van der Waals surface area (Å²) >= 11 is 0. The molecule has 7 nitrogen and oxygen atoms in total. The molecule has 2 N–H and O–H groups in total. The van der Waals surface area contributed by atoms with Gasteiger partial charge in [0.2, 0.25) is 5.82 Å². The Kier molecular flexibility index (Phi) is 5.23. The molecule has 7 heteroatoms. The van der Waals surface area contributed by atoms with Gasteiger partial charge in [0.1, 0.15) is 0 Å². The standard InChI is InChI=1S/C12H17N3O4/c1-8-5-7-14-11(10(8)15(18)19)13-6-3-4-9(2)12(16)17/h5,7,9H,3-4,6H2,1-2H3,(H,13,14)(H,16,17). The van der Waals surface area contributed by atoms with Gasteiger partial charge in [0.25, 0.3) is 0 Å². The van der Waals surface area contributed by atoms with Gasteiger partial charge in [-0.3, -0.25) is 14.9 Å². The molecule has 0 saturated heterocycles. The Morgan fingerprint density at radius 3 is 2.89 bits per heavy atom. The van der Waals surface area contributed by atoms with E-state index in [1.54, 1.807) is 19.9 Å². The van der Waals surface area contributed by atoms with Crippen LogP contribution in [0.2, 0.25) is 0 Å². The number of aliphatic carboxylic acids is 1. The van der Waals surface area contributed by atoms with Crippen LogP contribution in [0.15, 0.2) is 12.3 Å². The van der Waals surface area contributed by atoms with Crippen LogP contribution in [-0.2, 0) is 4.79 Å². The summed E-state index contributed by atoms with van der Waals surface area (Å²) in [6, 6.07) is 1.58. The monoisotopic (exact) mass is 267 g/mol. The predicted molar refractivity (Wildman–Crippen MR) is 70.2 cm³/mol. The second-order valence-corrected chi connectivity index (χ2v) is 4.39. The van der Waals surface area contributed by atoms with Gasteiger partial charge in [-0.25, -0.2) is 4.98 Å². The van der Waals surface area contributed by atoms with E-state index in [0.29, 0.717) is 24.9 Å². The average Bonchev–Trinajstić information content (AvgIpc) is 2.33. The van der Waals surface area contributed by atoms with E-state index in [4.69, 9.17) is 5.11 Å². The van der Waals surface area contributed by atoms with Crippen molar-refractivity contribution < 1.29 is 14.8 Å². The summed E-state index contributed by atoms with van der Waals surface area (Å²) < 4.78 is 0. The Morgan fingerprint density at radius 1 is 1.63 bits per heavy atom. The molecule has 104 valence electrons. The first kappa shape index (κ1) is 14.9. The fourth-order valence-corrected chi connectivity index (χ4v) is 1.65. The molecule has 0 aliphatic carbocycles. The summed E-state index contributed by atoms with van der Waals surface area (Å²) in [5, 5.41) is 22.5. The molecule has 1 heterocycles. The van der Waals surface area contributed by atoms with Gasteiger partial charge < -0.3 is 10.4 Å². The number of carbonyl (C=O) groups is 1. The van der Waals surface area contributed by atoms with Gasteiger partial charge in [0.15, 0.2) is 0 Å². The Bertz CT molecular complexity index is 476. The van der Waals surface area contributed by atoms with Crippen molar-refractivity contribution in [3.05, 3.63) is 27.9 Å². The van der Waals surface area contributed by atoms with Gasteiger partial charge in [0, 0.05) is 18.3 Å². The first-order chi connectivity index (χ1) is 8.93. The summed E-state index contributed by atoms with van der Waals surface area (Å²) in [6.45, 7) is 3.74. The van der Waals surface area contributed by atoms with E-state index in [0.717, 1.165) is 0 Å². The first-order valence-corrected chi connectivity index (χ1v) is 6.00. The van der Waals surface area contributed by atoms with Crippen molar-refractivity contribution >= 4 is 17.5 Å². The van der Waals surface area contributed by atoms with Crippen LogP contribution in [-0.4, -0.2) is 27.5 Å². The number of hydrogen-bond donors (Lipinski definition) is 2. The van der Waals surface area contributed by atoms with Crippen molar-refractivity contribution in [3.63, 3.8) is 0 Å². The number of nitrogens with zero attached hydrogens (tertiary/aromatic N) is 2. The highest BCUT2D eigenvalue weighted by atomic mass is 16.6. The largest absolute Gasteiger partial charge is 0.481 e. The summed E-state index contributed by atoms with van der Waals surface area (Å²) in [5.74, 6) is -1.02. The third-order valence-corrected chi connectivity index (χ3v) is 2.84. The summed E-state index contributed by atoms with van der Waals surface area (Å²) in [7, 11) is 0. The lowest BCUT2D eigenvalue weighted by Crippen LogP contribution is -2.12. The molecule has 1 aromatic rings. The molecule has 1 aromatic heterocycles. The minimum Gasteiger partial charge on any atom is -0.481 e. The van der Waals surface area contributed by atoms with E-state index < -0.39 is 16.8 Å². The predicted octanol–water partition coefficient (Wildman–Crippen LogP) is 2.21. The van der Waals surface area contributed by atoms with Crippen LogP contribution < -0.4 is 5.32 Å². The normalized spacial score (nSPS) is 11.9. The SMILES string of the molecule is Cc1ccnc(NCCCC(C)C(=O)O)c1[N+](=O)[O-]. The Balaban J connectivity index is 2.57. The molecule has 0 saturated carbocycles. The molecule has 0 bridgehead atoms. The van der Waals surface area contributed by atoms with Gasteiger partial charge in [0.05, 0.1) is 10.8 Å². The molecule has 0 aliphatic rings. The number of carboxylic acids is 1. The van der Waals surface area contributed by atoms with Crippen LogP contribution in [0.4, 0.5) is 11.5 Å². The van der Waals surface area contributed by atoms with Crippen LogP contribution in [0, 0.1) is 23.0 Å². The third-order valence-electron chi connectivity index (χ3n) is 2.84. The Labute approximate surface area is 110 Å². The lowest BCUT2D eigenvalue weighted by molar-refractivity contribution is -0.384. The summed E-state index contributed by atoms with van der Waals surface area (Å²) in [4.78, 5) is 25.0. The highest BCUT2D eigenvalue weighted by molar-refractivity contribution is 5.69. The molecular weight excluding hydrogens is 250 g/mol. The topological polar surface area (TPSA) is 105 Å². The van der Waals surface area contributed by atoms with Crippen molar-refractivity contribution in [1.29, 1.82) is 0 Å². The fourth-order valence-electron chi connectivity index (χ4n) is 1.65. The minimum atomic E-state index is -0.834. The highest BCUT2D eigenvalue weighted by Crippen LogP contribution is 2.25. The van der Waals surface area contributed by atoms with Crippen LogP contribution in [0.25, 0.3) is 0 Å². The molecular formula is C12H17N3O4. The van der Waals surface area contributed by atoms with Gasteiger partial charge >= 0.3 is 11.7 Å². The summed E-state index contributed by atoms with van der Waals surface area (Å²) in [5.41, 5.74) is 0.509. The maximum absolute atomic E-state index is 10.9. The number of pyridine rings is 1. The molecule has 1 rings (SSSR count). The number of rotatable bonds is 7. The maximum Gasteiger partial charge on any atom is 0.314 e. The van der Waals surface area contributed by atoms with Gasteiger partial charge in [-0.1, -0.05) is 6.92 Å². The number of hydrogen-bond acceptors (Lipinski definition) is 5. The Hall–Kier alpha value is -2.18. The molecule has 0 radical (unpaired) electrons. The second kappa shape index (κ2) is 6.67. The van der Waals surface area contributed by atoms with Crippen molar-refractivity contribution in [2.24, 2.45) is 5.92 Å². The minimum absolute atomic E-state index is 0.0335. The van der Waals surface area contributed by atoms with E-state index in [2.05, 4.69) is 10.3 Å². The number of carboxylic acid groups (broad SMARTS) is 1. The molecule has 1 atom stereocenters. The van der Waals surface area contributed by atoms with E-state index in [1.165, 1.54) is 6.20 Å². The molecule has 0 spiro atoms. The number of aryl methyl sites for hydroxylation is 1. The molecule has 0 fully saturated rings. The summed E-state index contributed by atoms with van der Waals surface area (Å²) in [6.07, 6.45) is 2.63. The third kappa shape index (κ3) is 4.20. The van der Waals surface area contributed by atoms with E-state index in [1.807, 2.05) is 0 Å².